The molecule has 1 atom stereocenters. The lowest BCUT2D eigenvalue weighted by Crippen LogP contribution is -2.35. The Morgan fingerprint density at radius 2 is 2.12 bits per heavy atom. The summed E-state index contributed by atoms with van der Waals surface area (Å²) in [7, 11) is 0. The fourth-order valence-corrected chi connectivity index (χ4v) is 2.59. The Balaban J connectivity index is 2.16. The van der Waals surface area contributed by atoms with E-state index in [4.69, 9.17) is 0 Å². The molecule has 16 heavy (non-hydrogen) atoms. The van der Waals surface area contributed by atoms with Gasteiger partial charge in [-0.2, -0.15) is 0 Å². The predicted molar refractivity (Wildman–Crippen MR) is 54.2 cm³/mol. The lowest BCUT2D eigenvalue weighted by atomic mass is 9.92. The fourth-order valence-electron chi connectivity index (χ4n) is 2.59. The highest BCUT2D eigenvalue weighted by molar-refractivity contribution is 6.08. The van der Waals surface area contributed by atoms with E-state index in [9.17, 15) is 14.0 Å². The summed E-state index contributed by atoms with van der Waals surface area (Å²) in [6.07, 6.45) is 0.456. The smallest absolute Gasteiger partial charge is 0.231 e. The van der Waals surface area contributed by atoms with Crippen LogP contribution in [0.15, 0.2) is 18.2 Å². The molecule has 1 fully saturated rings. The van der Waals surface area contributed by atoms with Gasteiger partial charge in [0.1, 0.15) is 11.9 Å². The van der Waals surface area contributed by atoms with E-state index in [0.717, 1.165) is 0 Å². The third-order valence-corrected chi connectivity index (χ3v) is 3.31. The summed E-state index contributed by atoms with van der Waals surface area (Å²) in [6.45, 7) is 0.448. The van der Waals surface area contributed by atoms with Crippen LogP contribution < -0.4 is 0 Å². The van der Waals surface area contributed by atoms with E-state index in [-0.39, 0.29) is 23.9 Å². The molecule has 0 aliphatic carbocycles. The minimum Gasteiger partial charge on any atom is -0.328 e. The van der Waals surface area contributed by atoms with Crippen LogP contribution in [0.4, 0.5) is 4.39 Å². The standard InChI is InChI=1S/C12H10FNO2/c13-9-3-1-2-8-7(9)4-5-14-11(16)6-10(15)12(8)14/h1-3,12H,4-6H2. The molecule has 2 aliphatic heterocycles. The lowest BCUT2D eigenvalue weighted by Gasteiger charge is -2.30. The van der Waals surface area contributed by atoms with E-state index in [2.05, 4.69) is 0 Å². The van der Waals surface area contributed by atoms with Crippen LogP contribution in [0.25, 0.3) is 0 Å². The summed E-state index contributed by atoms with van der Waals surface area (Å²) in [6, 6.07) is 4.20. The van der Waals surface area contributed by atoms with Gasteiger partial charge in [0, 0.05) is 6.54 Å². The van der Waals surface area contributed by atoms with Crippen molar-refractivity contribution in [3.8, 4) is 0 Å². The molecule has 0 spiro atoms. The molecule has 1 saturated heterocycles. The molecule has 1 amide bonds. The Labute approximate surface area is 91.9 Å². The minimum absolute atomic E-state index is 0.0411. The monoisotopic (exact) mass is 219 g/mol. The first-order valence-electron chi connectivity index (χ1n) is 5.28. The molecule has 0 bridgehead atoms. The van der Waals surface area contributed by atoms with Crippen LogP contribution >= 0.6 is 0 Å². The van der Waals surface area contributed by atoms with Crippen LogP contribution in [0.5, 0.6) is 0 Å². The van der Waals surface area contributed by atoms with Crippen molar-refractivity contribution in [1.29, 1.82) is 0 Å². The van der Waals surface area contributed by atoms with Crippen LogP contribution in [0.2, 0.25) is 0 Å². The highest BCUT2D eigenvalue weighted by Gasteiger charge is 2.42. The maximum absolute atomic E-state index is 13.5. The Kier molecular flexibility index (Phi) is 1.87. The second-order valence-corrected chi connectivity index (χ2v) is 4.19. The van der Waals surface area contributed by atoms with E-state index in [1.54, 1.807) is 17.0 Å². The molecule has 0 saturated carbocycles. The number of benzene rings is 1. The number of fused-ring (bicyclic) bond motifs is 3. The maximum atomic E-state index is 13.5. The van der Waals surface area contributed by atoms with Gasteiger partial charge in [-0.05, 0) is 23.6 Å². The van der Waals surface area contributed by atoms with Crippen LogP contribution in [0.3, 0.4) is 0 Å². The minimum atomic E-state index is -0.535. The van der Waals surface area contributed by atoms with Gasteiger partial charge in [0.2, 0.25) is 5.91 Å². The van der Waals surface area contributed by atoms with Gasteiger partial charge < -0.3 is 4.90 Å². The molecule has 2 heterocycles. The van der Waals surface area contributed by atoms with Gasteiger partial charge in [-0.25, -0.2) is 4.39 Å². The fraction of sp³-hybridized carbons (Fsp3) is 0.333. The van der Waals surface area contributed by atoms with Crippen molar-refractivity contribution in [2.24, 2.45) is 0 Å². The van der Waals surface area contributed by atoms with Crippen molar-refractivity contribution in [2.45, 2.75) is 18.9 Å². The first-order chi connectivity index (χ1) is 7.68. The summed E-state index contributed by atoms with van der Waals surface area (Å²) in [5.41, 5.74) is 1.26. The summed E-state index contributed by atoms with van der Waals surface area (Å²) in [5, 5.41) is 0. The Hall–Kier alpha value is -1.71. The average molecular weight is 219 g/mol. The number of amides is 1. The van der Waals surface area contributed by atoms with Gasteiger partial charge in [-0.15, -0.1) is 0 Å². The van der Waals surface area contributed by atoms with Gasteiger partial charge in [0.25, 0.3) is 0 Å². The summed E-state index contributed by atoms with van der Waals surface area (Å²) >= 11 is 0. The topological polar surface area (TPSA) is 37.4 Å². The second kappa shape index (κ2) is 3.14. The zero-order valence-corrected chi connectivity index (χ0v) is 8.57. The summed E-state index contributed by atoms with van der Waals surface area (Å²) in [5.74, 6) is -0.522. The molecular formula is C12H10FNO2. The van der Waals surface area contributed by atoms with E-state index in [1.807, 2.05) is 0 Å². The third-order valence-electron chi connectivity index (χ3n) is 3.31. The van der Waals surface area contributed by atoms with Crippen LogP contribution in [0.1, 0.15) is 23.6 Å². The highest BCUT2D eigenvalue weighted by Crippen LogP contribution is 2.36. The number of hydrogen-bond acceptors (Lipinski definition) is 2. The van der Waals surface area contributed by atoms with Gasteiger partial charge in [-0.1, -0.05) is 12.1 Å². The predicted octanol–water partition coefficient (Wildman–Crippen LogP) is 1.22. The molecule has 0 N–H and O–H groups in total. The zero-order chi connectivity index (χ0) is 11.3. The van der Waals surface area contributed by atoms with Crippen molar-refractivity contribution in [2.75, 3.05) is 6.54 Å². The molecule has 3 rings (SSSR count). The molecular weight excluding hydrogens is 209 g/mol. The number of ketones is 1. The SMILES string of the molecule is O=C1CC(=O)N2CCc3c(F)cccc3C12. The average Bonchev–Trinajstić information content (AvgIpc) is 2.55. The number of carbonyl (C=O) groups is 2. The van der Waals surface area contributed by atoms with Crippen molar-refractivity contribution in [1.82, 2.24) is 4.90 Å². The Morgan fingerprint density at radius 1 is 1.31 bits per heavy atom. The molecule has 2 aliphatic rings. The van der Waals surface area contributed by atoms with E-state index >= 15 is 0 Å². The van der Waals surface area contributed by atoms with Crippen LogP contribution in [0, 0.1) is 5.82 Å². The van der Waals surface area contributed by atoms with E-state index in [1.165, 1.54) is 6.07 Å². The van der Waals surface area contributed by atoms with Crippen LogP contribution in [-0.2, 0) is 16.0 Å². The van der Waals surface area contributed by atoms with Crippen molar-refractivity contribution in [3.63, 3.8) is 0 Å². The highest BCUT2D eigenvalue weighted by atomic mass is 19.1. The molecule has 3 nitrogen and oxygen atoms in total. The maximum Gasteiger partial charge on any atom is 0.231 e. The normalized spacial score (nSPS) is 23.3. The second-order valence-electron chi connectivity index (χ2n) is 4.19. The quantitative estimate of drug-likeness (QED) is 0.615. The molecule has 0 aromatic heterocycles. The molecule has 4 heteroatoms. The van der Waals surface area contributed by atoms with Gasteiger partial charge in [0.15, 0.2) is 5.78 Å². The van der Waals surface area contributed by atoms with Crippen molar-refractivity contribution < 1.29 is 14.0 Å². The lowest BCUT2D eigenvalue weighted by molar-refractivity contribution is -0.129. The largest absolute Gasteiger partial charge is 0.328 e. The number of nitrogens with zero attached hydrogens (tertiary/aromatic N) is 1. The first kappa shape index (κ1) is 9.51. The van der Waals surface area contributed by atoms with Gasteiger partial charge in [-0.3, -0.25) is 9.59 Å². The molecule has 1 aromatic carbocycles. The number of hydrogen-bond donors (Lipinski definition) is 0. The van der Waals surface area contributed by atoms with Crippen molar-refractivity contribution >= 4 is 11.7 Å². The number of halogens is 1. The summed E-state index contributed by atoms with van der Waals surface area (Å²) in [4.78, 5) is 24.8. The Bertz CT molecular complexity index is 498. The van der Waals surface area contributed by atoms with E-state index in [0.29, 0.717) is 24.1 Å². The summed E-state index contributed by atoms with van der Waals surface area (Å²) < 4.78 is 13.5. The third kappa shape index (κ3) is 1.13. The molecule has 82 valence electrons. The molecule has 1 aromatic rings. The Morgan fingerprint density at radius 3 is 2.94 bits per heavy atom. The number of carbonyl (C=O) groups excluding carboxylic acids is 2. The molecule has 0 radical (unpaired) electrons. The number of Topliss-reactive ketones (excluding diaryl/α,β-unsaturated/α-hetero) is 1. The van der Waals surface area contributed by atoms with E-state index < -0.39 is 6.04 Å². The zero-order valence-electron chi connectivity index (χ0n) is 8.57. The first-order valence-corrected chi connectivity index (χ1v) is 5.28. The van der Waals surface area contributed by atoms with Gasteiger partial charge in [0.05, 0.1) is 6.42 Å². The van der Waals surface area contributed by atoms with Crippen molar-refractivity contribution in [3.05, 3.63) is 35.1 Å². The van der Waals surface area contributed by atoms with Gasteiger partial charge >= 0.3 is 0 Å². The number of rotatable bonds is 0. The van der Waals surface area contributed by atoms with Crippen LogP contribution in [-0.4, -0.2) is 23.1 Å². The molecule has 1 unspecified atom stereocenters.